The van der Waals surface area contributed by atoms with Crippen molar-refractivity contribution in [1.29, 1.82) is 0 Å². The molecule has 0 atom stereocenters. The molecular weight excluding hydrogens is 508 g/mol. The number of fused-ring (bicyclic) bond motifs is 5. The smallest absolute Gasteiger partial charge is 0.125 e. The summed E-state index contributed by atoms with van der Waals surface area (Å²) in [5, 5.41) is 4.31. The van der Waals surface area contributed by atoms with Crippen LogP contribution in [0.15, 0.2) is 116 Å². The van der Waals surface area contributed by atoms with Crippen LogP contribution >= 0.6 is 11.3 Å². The Labute approximate surface area is 234 Å². The van der Waals surface area contributed by atoms with Gasteiger partial charge in [0, 0.05) is 45.9 Å². The molecule has 4 aromatic heterocycles. The van der Waals surface area contributed by atoms with E-state index < -0.39 is 0 Å². The number of benzene rings is 4. The van der Waals surface area contributed by atoms with Gasteiger partial charge < -0.3 is 0 Å². The third-order valence-corrected chi connectivity index (χ3v) is 8.50. The van der Waals surface area contributed by atoms with Crippen LogP contribution in [-0.4, -0.2) is 19.9 Å². The van der Waals surface area contributed by atoms with Gasteiger partial charge in [-0.15, -0.1) is 11.3 Å². The second kappa shape index (κ2) is 9.04. The summed E-state index contributed by atoms with van der Waals surface area (Å²) in [5.41, 5.74) is 10.5. The number of hydrogen-bond acceptors (Lipinski definition) is 5. The van der Waals surface area contributed by atoms with Gasteiger partial charge in [-0.25, -0.2) is 4.98 Å². The molecular formula is C35H22N4S. The summed E-state index contributed by atoms with van der Waals surface area (Å²) in [6.45, 7) is 2.06. The molecule has 0 fully saturated rings. The molecule has 188 valence electrons. The van der Waals surface area contributed by atoms with Gasteiger partial charge in [0.05, 0.1) is 26.8 Å². The number of nitrogens with zero attached hydrogens (tertiary/aromatic N) is 4. The zero-order valence-electron chi connectivity index (χ0n) is 21.7. The fourth-order valence-corrected chi connectivity index (χ4v) is 6.43. The van der Waals surface area contributed by atoms with E-state index in [0.29, 0.717) is 0 Å². The zero-order valence-corrected chi connectivity index (χ0v) is 22.5. The Balaban J connectivity index is 1.32. The van der Waals surface area contributed by atoms with E-state index in [2.05, 4.69) is 102 Å². The van der Waals surface area contributed by atoms with Gasteiger partial charge in [0.2, 0.25) is 0 Å². The molecule has 0 aliphatic rings. The Morgan fingerprint density at radius 2 is 1.35 bits per heavy atom. The molecule has 0 aliphatic heterocycles. The van der Waals surface area contributed by atoms with Crippen LogP contribution in [0.1, 0.15) is 5.56 Å². The number of aryl methyl sites for hydroxylation is 1. The largest absolute Gasteiger partial charge is 0.256 e. The highest BCUT2D eigenvalue weighted by molar-refractivity contribution is 7.21. The quantitative estimate of drug-likeness (QED) is 0.214. The molecule has 4 aromatic carbocycles. The molecule has 8 rings (SSSR count). The van der Waals surface area contributed by atoms with Gasteiger partial charge in [0.25, 0.3) is 0 Å². The van der Waals surface area contributed by atoms with Crippen LogP contribution < -0.4 is 0 Å². The molecule has 0 bridgehead atoms. The first-order valence-corrected chi connectivity index (χ1v) is 14.0. The Kier molecular flexibility index (Phi) is 5.18. The third-order valence-electron chi connectivity index (χ3n) is 7.43. The van der Waals surface area contributed by atoms with E-state index in [1.165, 1.54) is 4.70 Å². The molecule has 4 heterocycles. The maximum Gasteiger partial charge on any atom is 0.125 e. The summed E-state index contributed by atoms with van der Waals surface area (Å²) in [4.78, 5) is 19.2. The predicted molar refractivity (Wildman–Crippen MR) is 167 cm³/mol. The molecule has 0 saturated carbocycles. The molecule has 0 amide bonds. The standard InChI is InChI=1S/C35H22N4S/c1-21-15-25-10-11-26-16-27(20-38-34(26)33(25)37-19-21)23-12-13-28(24-9-8-22-5-4-14-36-31(22)18-24)29(17-23)35-39-30-6-2-3-7-32(30)40-35/h2-20H,1H3. The minimum Gasteiger partial charge on any atom is -0.256 e. The van der Waals surface area contributed by atoms with Gasteiger partial charge in [-0.2, -0.15) is 0 Å². The van der Waals surface area contributed by atoms with Crippen molar-refractivity contribution < 1.29 is 0 Å². The monoisotopic (exact) mass is 530 g/mol. The van der Waals surface area contributed by atoms with Gasteiger partial charge in [0.15, 0.2) is 0 Å². The molecule has 40 heavy (non-hydrogen) atoms. The van der Waals surface area contributed by atoms with Gasteiger partial charge in [-0.05, 0) is 71.6 Å². The molecule has 0 unspecified atom stereocenters. The highest BCUT2D eigenvalue weighted by atomic mass is 32.1. The lowest BCUT2D eigenvalue weighted by molar-refractivity contribution is 1.32. The summed E-state index contributed by atoms with van der Waals surface area (Å²) in [6, 6.07) is 34.1. The van der Waals surface area contributed by atoms with Crippen molar-refractivity contribution >= 4 is 54.3 Å². The SMILES string of the molecule is Cc1cnc2c(ccc3cc(-c4ccc(-c5ccc6cccnc6c5)c(-c5nc6ccccc6s5)c4)cnc32)c1. The number of thiazole rings is 1. The number of rotatable bonds is 3. The molecule has 0 N–H and O–H groups in total. The van der Waals surface area contributed by atoms with E-state index in [1.807, 2.05) is 30.7 Å². The van der Waals surface area contributed by atoms with Crippen molar-refractivity contribution in [3.63, 3.8) is 0 Å². The lowest BCUT2D eigenvalue weighted by atomic mass is 9.94. The summed E-state index contributed by atoms with van der Waals surface area (Å²) < 4.78 is 1.18. The van der Waals surface area contributed by atoms with E-state index in [9.17, 15) is 0 Å². The van der Waals surface area contributed by atoms with Crippen molar-refractivity contribution in [2.24, 2.45) is 0 Å². The number of aromatic nitrogens is 4. The predicted octanol–water partition coefficient (Wildman–Crippen LogP) is 9.25. The summed E-state index contributed by atoms with van der Waals surface area (Å²) in [5.74, 6) is 0. The first-order chi connectivity index (χ1) is 19.7. The summed E-state index contributed by atoms with van der Waals surface area (Å²) in [6.07, 6.45) is 5.71. The van der Waals surface area contributed by atoms with Gasteiger partial charge >= 0.3 is 0 Å². The Morgan fingerprint density at radius 3 is 2.25 bits per heavy atom. The first kappa shape index (κ1) is 22.9. The van der Waals surface area contributed by atoms with Crippen molar-refractivity contribution in [3.05, 3.63) is 121 Å². The first-order valence-electron chi connectivity index (χ1n) is 13.2. The molecule has 5 heteroatoms. The fourth-order valence-electron chi connectivity index (χ4n) is 5.43. The van der Waals surface area contributed by atoms with Crippen molar-refractivity contribution in [2.45, 2.75) is 6.92 Å². The lowest BCUT2D eigenvalue weighted by Crippen LogP contribution is -1.90. The molecule has 0 saturated heterocycles. The van der Waals surface area contributed by atoms with E-state index in [1.54, 1.807) is 11.3 Å². The molecule has 0 spiro atoms. The average molecular weight is 531 g/mol. The highest BCUT2D eigenvalue weighted by Crippen LogP contribution is 2.40. The Morgan fingerprint density at radius 1 is 0.550 bits per heavy atom. The van der Waals surface area contributed by atoms with Crippen LogP contribution in [0.25, 0.3) is 75.8 Å². The van der Waals surface area contributed by atoms with E-state index >= 15 is 0 Å². The summed E-state index contributed by atoms with van der Waals surface area (Å²) in [7, 11) is 0. The number of hydrogen-bond donors (Lipinski definition) is 0. The third kappa shape index (κ3) is 3.82. The zero-order chi connectivity index (χ0) is 26.6. The van der Waals surface area contributed by atoms with Crippen LogP contribution in [0.4, 0.5) is 0 Å². The maximum absolute atomic E-state index is 5.04. The number of para-hydroxylation sites is 1. The van der Waals surface area contributed by atoms with Gasteiger partial charge in [-0.3, -0.25) is 15.0 Å². The molecule has 4 nitrogen and oxygen atoms in total. The second-order valence-electron chi connectivity index (χ2n) is 10.1. The highest BCUT2D eigenvalue weighted by Gasteiger charge is 2.15. The van der Waals surface area contributed by atoms with Gasteiger partial charge in [-0.1, -0.05) is 54.6 Å². The van der Waals surface area contributed by atoms with Crippen molar-refractivity contribution in [2.75, 3.05) is 0 Å². The Bertz CT molecular complexity index is 2220. The molecule has 0 radical (unpaired) electrons. The minimum atomic E-state index is 0.924. The van der Waals surface area contributed by atoms with Crippen molar-refractivity contribution in [1.82, 2.24) is 19.9 Å². The lowest BCUT2D eigenvalue weighted by Gasteiger charge is -2.12. The summed E-state index contributed by atoms with van der Waals surface area (Å²) >= 11 is 1.72. The van der Waals surface area contributed by atoms with E-state index in [4.69, 9.17) is 9.97 Å². The van der Waals surface area contributed by atoms with E-state index in [-0.39, 0.29) is 0 Å². The van der Waals surface area contributed by atoms with Gasteiger partial charge in [0.1, 0.15) is 5.01 Å². The van der Waals surface area contributed by atoms with E-state index in [0.717, 1.165) is 76.6 Å². The normalized spacial score (nSPS) is 11.6. The van der Waals surface area contributed by atoms with Crippen LogP contribution in [0.2, 0.25) is 0 Å². The van der Waals surface area contributed by atoms with Crippen molar-refractivity contribution in [3.8, 4) is 32.8 Å². The van der Waals surface area contributed by atoms with Crippen LogP contribution in [0.5, 0.6) is 0 Å². The minimum absolute atomic E-state index is 0.924. The maximum atomic E-state index is 5.04. The topological polar surface area (TPSA) is 51.6 Å². The molecule has 8 aromatic rings. The molecule has 0 aliphatic carbocycles. The van der Waals surface area contributed by atoms with Crippen LogP contribution in [-0.2, 0) is 0 Å². The fraction of sp³-hybridized carbons (Fsp3) is 0.0286. The van der Waals surface area contributed by atoms with Crippen LogP contribution in [0, 0.1) is 6.92 Å². The van der Waals surface area contributed by atoms with Crippen LogP contribution in [0.3, 0.4) is 0 Å². The average Bonchev–Trinajstić information content (AvgIpc) is 3.44. The number of pyridine rings is 3. The Hall–Kier alpha value is -5.00. The second-order valence-corrected chi connectivity index (χ2v) is 11.1.